The Morgan fingerprint density at radius 1 is 1.67 bits per heavy atom. The summed E-state index contributed by atoms with van der Waals surface area (Å²) >= 11 is 5.95. The zero-order chi connectivity index (χ0) is 13.3. The summed E-state index contributed by atoms with van der Waals surface area (Å²) in [5, 5.41) is 10.1. The first kappa shape index (κ1) is 13.4. The molecule has 2 heterocycles. The van der Waals surface area contributed by atoms with E-state index in [0.29, 0.717) is 24.5 Å². The van der Waals surface area contributed by atoms with Crippen molar-refractivity contribution in [3.63, 3.8) is 0 Å². The molecular formula is C12H18ClN3O2. The summed E-state index contributed by atoms with van der Waals surface area (Å²) in [7, 11) is 1.84. The molecule has 0 radical (unpaired) electrons. The Labute approximate surface area is 111 Å². The van der Waals surface area contributed by atoms with Gasteiger partial charge in [-0.25, -0.2) is 4.98 Å². The van der Waals surface area contributed by atoms with Gasteiger partial charge in [-0.1, -0.05) is 18.5 Å². The normalized spacial score (nSPS) is 24.6. The summed E-state index contributed by atoms with van der Waals surface area (Å²) < 4.78 is 1.79. The number of hydrogen-bond acceptors (Lipinski definition) is 3. The fraction of sp³-hybridized carbons (Fsp3) is 0.667. The van der Waals surface area contributed by atoms with Crippen LogP contribution in [0.1, 0.15) is 32.0 Å². The van der Waals surface area contributed by atoms with Crippen molar-refractivity contribution in [3.05, 3.63) is 17.2 Å². The van der Waals surface area contributed by atoms with E-state index in [1.807, 2.05) is 18.9 Å². The Hall–Kier alpha value is -1.07. The molecule has 1 saturated heterocycles. The van der Waals surface area contributed by atoms with Gasteiger partial charge in [-0.15, -0.1) is 0 Å². The quantitative estimate of drug-likeness (QED) is 0.909. The van der Waals surface area contributed by atoms with E-state index < -0.39 is 11.5 Å². The van der Waals surface area contributed by atoms with Crippen molar-refractivity contribution >= 4 is 17.6 Å². The van der Waals surface area contributed by atoms with Crippen molar-refractivity contribution < 1.29 is 9.90 Å². The molecule has 0 bridgehead atoms. The minimum atomic E-state index is -0.738. The van der Waals surface area contributed by atoms with Crippen LogP contribution in [0.3, 0.4) is 0 Å². The topological polar surface area (TPSA) is 58.4 Å². The molecule has 6 heteroatoms. The molecule has 5 nitrogen and oxygen atoms in total. The van der Waals surface area contributed by atoms with Crippen molar-refractivity contribution in [1.29, 1.82) is 0 Å². The van der Waals surface area contributed by atoms with Crippen LogP contribution >= 0.6 is 11.6 Å². The third kappa shape index (κ3) is 2.01. The molecule has 0 spiro atoms. The molecule has 1 N–H and O–H groups in total. The van der Waals surface area contributed by atoms with E-state index in [-0.39, 0.29) is 0 Å². The van der Waals surface area contributed by atoms with Crippen molar-refractivity contribution in [1.82, 2.24) is 14.5 Å². The molecule has 1 fully saturated rings. The molecule has 0 amide bonds. The van der Waals surface area contributed by atoms with Crippen molar-refractivity contribution in [3.8, 4) is 0 Å². The van der Waals surface area contributed by atoms with E-state index in [1.165, 1.54) is 0 Å². The molecule has 1 atom stereocenters. The second-order valence-electron chi connectivity index (χ2n) is 4.77. The fourth-order valence-corrected chi connectivity index (χ4v) is 2.85. The summed E-state index contributed by atoms with van der Waals surface area (Å²) in [5.41, 5.74) is -0.738. The minimum Gasteiger partial charge on any atom is -0.480 e. The number of carbonyl (C=O) groups is 1. The summed E-state index contributed by atoms with van der Waals surface area (Å²) in [6.07, 6.45) is 3.83. The van der Waals surface area contributed by atoms with Crippen LogP contribution in [-0.2, 0) is 18.4 Å². The van der Waals surface area contributed by atoms with Crippen LogP contribution in [0, 0.1) is 0 Å². The first-order valence-electron chi connectivity index (χ1n) is 6.16. The highest BCUT2D eigenvalue weighted by atomic mass is 35.5. The summed E-state index contributed by atoms with van der Waals surface area (Å²) in [5.74, 6) is 0.0729. The van der Waals surface area contributed by atoms with E-state index in [2.05, 4.69) is 4.98 Å². The molecular weight excluding hydrogens is 254 g/mol. The number of likely N-dealkylation sites (tertiary alicyclic amines) is 1. The molecule has 1 aliphatic rings. The van der Waals surface area contributed by atoms with Gasteiger partial charge in [0.05, 0.1) is 12.7 Å². The Bertz CT molecular complexity index is 460. The predicted octanol–water partition coefficient (Wildman–Crippen LogP) is 1.90. The molecule has 1 aromatic heterocycles. The number of aromatic nitrogens is 2. The fourth-order valence-electron chi connectivity index (χ4n) is 2.70. The van der Waals surface area contributed by atoms with Gasteiger partial charge in [-0.2, -0.15) is 0 Å². The number of rotatable bonds is 4. The maximum absolute atomic E-state index is 11.6. The highest BCUT2D eigenvalue weighted by molar-refractivity contribution is 6.29. The molecule has 2 rings (SSSR count). The third-order valence-electron chi connectivity index (χ3n) is 3.97. The summed E-state index contributed by atoms with van der Waals surface area (Å²) in [6.45, 7) is 3.26. The van der Waals surface area contributed by atoms with Crippen LogP contribution in [0.4, 0.5) is 0 Å². The lowest BCUT2D eigenvalue weighted by molar-refractivity contribution is -0.150. The number of carboxylic acid groups (broad SMARTS) is 1. The highest BCUT2D eigenvalue weighted by Crippen LogP contribution is 2.34. The van der Waals surface area contributed by atoms with Gasteiger partial charge in [0.15, 0.2) is 0 Å². The zero-order valence-electron chi connectivity index (χ0n) is 10.7. The monoisotopic (exact) mass is 271 g/mol. The largest absolute Gasteiger partial charge is 0.480 e. The maximum Gasteiger partial charge on any atom is 0.324 e. The first-order chi connectivity index (χ1) is 8.51. The van der Waals surface area contributed by atoms with Gasteiger partial charge < -0.3 is 9.67 Å². The first-order valence-corrected chi connectivity index (χ1v) is 6.53. The van der Waals surface area contributed by atoms with Crippen LogP contribution < -0.4 is 0 Å². The Morgan fingerprint density at radius 3 is 2.89 bits per heavy atom. The van der Waals surface area contributed by atoms with Gasteiger partial charge in [0.1, 0.15) is 16.5 Å². The average Bonchev–Trinajstić information content (AvgIpc) is 2.89. The van der Waals surface area contributed by atoms with E-state index in [4.69, 9.17) is 11.6 Å². The van der Waals surface area contributed by atoms with Gasteiger partial charge in [-0.05, 0) is 25.8 Å². The number of nitrogens with zero attached hydrogens (tertiary/aromatic N) is 3. The number of imidazole rings is 1. The SMILES string of the molecule is CCC1(C(=O)O)CCCN1Cc1ncc(Cl)n1C. The van der Waals surface area contributed by atoms with Crippen LogP contribution in [-0.4, -0.2) is 37.6 Å². The van der Waals surface area contributed by atoms with Crippen LogP contribution in [0.25, 0.3) is 0 Å². The van der Waals surface area contributed by atoms with Crippen molar-refractivity contribution in [2.24, 2.45) is 7.05 Å². The smallest absolute Gasteiger partial charge is 0.324 e. The predicted molar refractivity (Wildman–Crippen MR) is 68.5 cm³/mol. The summed E-state index contributed by atoms with van der Waals surface area (Å²) in [6, 6.07) is 0. The van der Waals surface area contributed by atoms with Crippen LogP contribution in [0.2, 0.25) is 5.15 Å². The van der Waals surface area contributed by atoms with Crippen LogP contribution in [0.5, 0.6) is 0 Å². The lowest BCUT2D eigenvalue weighted by Gasteiger charge is -2.33. The third-order valence-corrected chi connectivity index (χ3v) is 4.32. The molecule has 0 saturated carbocycles. The van der Waals surface area contributed by atoms with Gasteiger partial charge in [0, 0.05) is 7.05 Å². The number of halogens is 1. The Morgan fingerprint density at radius 2 is 2.39 bits per heavy atom. The zero-order valence-corrected chi connectivity index (χ0v) is 11.4. The van der Waals surface area contributed by atoms with Crippen molar-refractivity contribution in [2.75, 3.05) is 6.54 Å². The molecule has 1 aliphatic heterocycles. The van der Waals surface area contributed by atoms with Gasteiger partial charge in [-0.3, -0.25) is 9.69 Å². The molecule has 1 aromatic rings. The second-order valence-corrected chi connectivity index (χ2v) is 5.16. The van der Waals surface area contributed by atoms with E-state index >= 15 is 0 Å². The standard InChI is InChI=1S/C12H18ClN3O2/c1-3-12(11(17)18)5-4-6-16(12)8-10-14-7-9(13)15(10)2/h7H,3-6,8H2,1-2H3,(H,17,18). The van der Waals surface area contributed by atoms with E-state index in [0.717, 1.165) is 18.8 Å². The Balaban J connectivity index is 2.23. The van der Waals surface area contributed by atoms with Crippen LogP contribution in [0.15, 0.2) is 6.20 Å². The average molecular weight is 272 g/mol. The minimum absolute atomic E-state index is 0.531. The molecule has 1 unspecified atom stereocenters. The lowest BCUT2D eigenvalue weighted by Crippen LogP contribution is -2.49. The number of aliphatic carboxylic acids is 1. The van der Waals surface area contributed by atoms with Gasteiger partial charge in [0.2, 0.25) is 0 Å². The number of carboxylic acids is 1. The highest BCUT2D eigenvalue weighted by Gasteiger charge is 2.46. The van der Waals surface area contributed by atoms with E-state index in [9.17, 15) is 9.90 Å². The van der Waals surface area contributed by atoms with Gasteiger partial charge >= 0.3 is 5.97 Å². The lowest BCUT2D eigenvalue weighted by atomic mass is 9.93. The Kier molecular flexibility index (Phi) is 3.64. The number of hydrogen-bond donors (Lipinski definition) is 1. The molecule has 0 aliphatic carbocycles. The molecule has 100 valence electrons. The molecule has 0 aromatic carbocycles. The van der Waals surface area contributed by atoms with Crippen molar-refractivity contribution in [2.45, 2.75) is 38.3 Å². The summed E-state index contributed by atoms with van der Waals surface area (Å²) in [4.78, 5) is 17.8. The maximum atomic E-state index is 11.6. The molecule has 18 heavy (non-hydrogen) atoms. The van der Waals surface area contributed by atoms with Gasteiger partial charge in [0.25, 0.3) is 0 Å². The van der Waals surface area contributed by atoms with E-state index in [1.54, 1.807) is 10.8 Å². The second kappa shape index (κ2) is 4.90.